The number of methoxy groups -OCH3 is 1. The summed E-state index contributed by atoms with van der Waals surface area (Å²) in [5, 5.41) is 69.8. The molecule has 1 N–H and O–H groups in total. The first kappa shape index (κ1) is 51.9. The lowest BCUT2D eigenvalue weighted by molar-refractivity contribution is -0.131. The Balaban J connectivity index is -0.0000000356. The van der Waals surface area contributed by atoms with Crippen LogP contribution in [0.2, 0.25) is 0 Å². The number of aliphatic carboxylic acids is 1. The molecule has 31 heavy (non-hydrogen) atoms. The first-order chi connectivity index (χ1) is 14.6. The van der Waals surface area contributed by atoms with Crippen LogP contribution in [0.15, 0.2) is 12.3 Å². The van der Waals surface area contributed by atoms with Crippen molar-refractivity contribution in [1.29, 1.82) is 0 Å². The maximum atomic E-state index is 9.84. The summed E-state index contributed by atoms with van der Waals surface area (Å²) >= 11 is 0. The number of ether oxygens (including phenoxy) is 2. The summed E-state index contributed by atoms with van der Waals surface area (Å²) < 4.78 is 9.16. The van der Waals surface area contributed by atoms with Gasteiger partial charge in [-0.2, -0.15) is 0 Å². The molecule has 0 aromatic rings. The van der Waals surface area contributed by atoms with Gasteiger partial charge in [-0.25, -0.2) is 40.5 Å². The van der Waals surface area contributed by atoms with Crippen LogP contribution in [0.4, 0.5) is 0 Å². The summed E-state index contributed by atoms with van der Waals surface area (Å²) in [5.41, 5.74) is 0. The fraction of sp³-hybridized carbons (Fsp3) is 0.450. The minimum Gasteiger partial charge on any atom is -0.478 e. The standard InChI is InChI=1S/C6H9O4.7C2H4O/c1-5(9-2)10-4-3-6(7)8;7*1-2-3/h3-5H,1H2,2H3,(H,7,8);7*1-2H2. The Labute approximate surface area is 189 Å². The van der Waals surface area contributed by atoms with Crippen LogP contribution in [0.1, 0.15) is 0 Å². The molecule has 0 saturated heterocycles. The predicted octanol–water partition coefficient (Wildman–Crippen LogP) is 2.16. The predicted molar refractivity (Wildman–Crippen MR) is 110 cm³/mol. The number of carbonyl (C=O) groups is 1. The second kappa shape index (κ2) is 89.4. The first-order valence-electron chi connectivity index (χ1n) is 8.09. The van der Waals surface area contributed by atoms with Gasteiger partial charge in [0, 0.05) is 14.0 Å². The minimum atomic E-state index is -1.07. The molecule has 0 amide bonds. The van der Waals surface area contributed by atoms with Gasteiger partial charge < -0.3 is 14.6 Å². The Morgan fingerprint density at radius 3 is 1.03 bits per heavy atom. The van der Waals surface area contributed by atoms with Gasteiger partial charge in [-0.05, 0) is 48.5 Å². The van der Waals surface area contributed by atoms with E-state index in [0.29, 0.717) is 0 Å². The molecule has 0 aliphatic rings. The van der Waals surface area contributed by atoms with Crippen LogP contribution >= 0.6 is 0 Å². The number of carboxylic acids is 1. The van der Waals surface area contributed by atoms with Gasteiger partial charge in [-0.1, -0.05) is 0 Å². The molecule has 0 aromatic carbocycles. The third kappa shape index (κ3) is 457. The summed E-state index contributed by atoms with van der Waals surface area (Å²) in [5.74, 6) is -1.07. The molecule has 0 fully saturated rings. The molecule has 0 aromatic heterocycles. The zero-order valence-electron chi connectivity index (χ0n) is 18.4. The SMILES string of the molecule is [CH2]C(OC)OC=CC(=O)O.[CH2]C[O].[CH2]C[O].[CH2]C[O].[CH2]C[O].[CH2]C[O].[CH2]C[O].[CH2]C[O]. The molecule has 0 spiro atoms. The maximum Gasteiger partial charge on any atom is 0.331 e. The lowest BCUT2D eigenvalue weighted by Crippen LogP contribution is -2.06. The highest BCUT2D eigenvalue weighted by Crippen LogP contribution is 1.89. The zero-order valence-corrected chi connectivity index (χ0v) is 18.4. The van der Waals surface area contributed by atoms with E-state index in [2.05, 4.69) is 64.9 Å². The third-order valence-corrected chi connectivity index (χ3v) is 0.704. The van der Waals surface area contributed by atoms with Crippen molar-refractivity contribution in [2.75, 3.05) is 53.4 Å². The Bertz CT molecular complexity index is 210. The normalized spacial score (nSPS) is 8.39. The minimum absolute atomic E-state index is 0.250. The summed E-state index contributed by atoms with van der Waals surface area (Å²) in [6, 6.07) is 0. The third-order valence-electron chi connectivity index (χ3n) is 0.704. The Morgan fingerprint density at radius 1 is 0.710 bits per heavy atom. The molecule has 1 atom stereocenters. The molecule has 183 valence electrons. The van der Waals surface area contributed by atoms with Crippen molar-refractivity contribution < 1.29 is 55.1 Å². The number of hydrogen-bond acceptors (Lipinski definition) is 3. The highest BCUT2D eigenvalue weighted by Gasteiger charge is 1.93. The fourth-order valence-electron chi connectivity index (χ4n) is 0.241. The van der Waals surface area contributed by atoms with Gasteiger partial charge >= 0.3 is 5.97 Å². The topological polar surface area (TPSA) is 195 Å². The van der Waals surface area contributed by atoms with Gasteiger partial charge in [-0.3, -0.25) is 0 Å². The summed E-state index contributed by atoms with van der Waals surface area (Å²) in [6.07, 6.45) is 1.22. The molecular weight excluding hydrogens is 416 g/mol. The Hall–Kier alpha value is -1.31. The van der Waals surface area contributed by atoms with Crippen molar-refractivity contribution in [3.05, 3.63) is 67.7 Å². The Morgan fingerprint density at radius 2 is 0.903 bits per heavy atom. The van der Waals surface area contributed by atoms with E-state index in [4.69, 9.17) is 40.9 Å². The fourth-order valence-corrected chi connectivity index (χ4v) is 0.241. The molecule has 11 heteroatoms. The van der Waals surface area contributed by atoms with E-state index < -0.39 is 12.3 Å². The van der Waals surface area contributed by atoms with Crippen molar-refractivity contribution in [3.8, 4) is 0 Å². The van der Waals surface area contributed by atoms with Gasteiger partial charge in [-0.15, -0.1) is 0 Å². The molecule has 0 bridgehead atoms. The van der Waals surface area contributed by atoms with Crippen LogP contribution in [0.5, 0.6) is 0 Å². The van der Waals surface area contributed by atoms with Crippen LogP contribution in [-0.2, 0) is 50.0 Å². The van der Waals surface area contributed by atoms with Crippen LogP contribution in [0, 0.1) is 55.4 Å². The van der Waals surface area contributed by atoms with E-state index in [-0.39, 0.29) is 46.2 Å². The average molecular weight is 454 g/mol. The van der Waals surface area contributed by atoms with Crippen LogP contribution in [0.25, 0.3) is 0 Å². The molecule has 0 rings (SSSR count). The molecule has 0 saturated carbocycles. The van der Waals surface area contributed by atoms with Crippen molar-refractivity contribution in [3.63, 3.8) is 0 Å². The largest absolute Gasteiger partial charge is 0.478 e. The van der Waals surface area contributed by atoms with Gasteiger partial charge in [0.25, 0.3) is 0 Å². The van der Waals surface area contributed by atoms with Crippen molar-refractivity contribution in [2.24, 2.45) is 0 Å². The van der Waals surface area contributed by atoms with Crippen LogP contribution in [-0.4, -0.2) is 70.7 Å². The second-order valence-corrected chi connectivity index (χ2v) is 2.87. The average Bonchev–Trinajstić information content (AvgIpc) is 2.66. The second-order valence-electron chi connectivity index (χ2n) is 2.87. The quantitative estimate of drug-likeness (QED) is 0.387. The number of rotatable bonds is 4. The molecule has 1 unspecified atom stereocenters. The van der Waals surface area contributed by atoms with Crippen LogP contribution < -0.4 is 0 Å². The molecule has 15 radical (unpaired) electrons. The van der Waals surface area contributed by atoms with E-state index >= 15 is 0 Å². The van der Waals surface area contributed by atoms with E-state index in [1.165, 1.54) is 7.11 Å². The smallest absolute Gasteiger partial charge is 0.331 e. The maximum absolute atomic E-state index is 9.84. The molecule has 0 aliphatic heterocycles. The van der Waals surface area contributed by atoms with E-state index in [1.54, 1.807) is 0 Å². The van der Waals surface area contributed by atoms with E-state index in [9.17, 15) is 4.79 Å². The van der Waals surface area contributed by atoms with E-state index in [0.717, 1.165) is 12.3 Å². The van der Waals surface area contributed by atoms with Crippen molar-refractivity contribution in [1.82, 2.24) is 0 Å². The summed E-state index contributed by atoms with van der Waals surface area (Å²) in [7, 11) is 1.41. The van der Waals surface area contributed by atoms with Gasteiger partial charge in [0.05, 0.1) is 58.6 Å². The number of hydrogen-bond donors (Lipinski definition) is 1. The van der Waals surface area contributed by atoms with Gasteiger partial charge in [0.2, 0.25) is 0 Å². The lowest BCUT2D eigenvalue weighted by Gasteiger charge is -2.06. The molecule has 0 heterocycles. The molecule has 0 aliphatic carbocycles. The Kier molecular flexibility index (Phi) is 150. The van der Waals surface area contributed by atoms with Crippen molar-refractivity contribution in [2.45, 2.75) is 6.29 Å². The monoisotopic (exact) mass is 453 g/mol. The van der Waals surface area contributed by atoms with Gasteiger partial charge in [0.15, 0.2) is 6.29 Å². The molecular formula is C20H37O11. The summed E-state index contributed by atoms with van der Waals surface area (Å²) in [6.45, 7) is 22.1. The highest BCUT2D eigenvalue weighted by atomic mass is 16.7. The van der Waals surface area contributed by atoms with Crippen LogP contribution in [0.3, 0.4) is 0 Å². The van der Waals surface area contributed by atoms with E-state index in [1.807, 2.05) is 0 Å². The summed E-state index contributed by atoms with van der Waals surface area (Å²) in [4.78, 5) is 9.84. The van der Waals surface area contributed by atoms with Gasteiger partial charge in [0.1, 0.15) is 0 Å². The molecule has 11 nitrogen and oxygen atoms in total. The zero-order chi connectivity index (χ0) is 26.9. The lowest BCUT2D eigenvalue weighted by atomic mass is 10.6. The highest BCUT2D eigenvalue weighted by molar-refractivity contribution is 5.79. The number of carboxylic acid groups (broad SMARTS) is 1. The first-order valence-corrected chi connectivity index (χ1v) is 8.09. The van der Waals surface area contributed by atoms with Crippen molar-refractivity contribution >= 4 is 5.97 Å².